The van der Waals surface area contributed by atoms with Crippen molar-refractivity contribution in [2.45, 2.75) is 6.61 Å². The van der Waals surface area contributed by atoms with Crippen molar-refractivity contribution < 1.29 is 14.6 Å². The van der Waals surface area contributed by atoms with Gasteiger partial charge in [0.25, 0.3) is 0 Å². The zero-order valence-electron chi connectivity index (χ0n) is 8.75. The van der Waals surface area contributed by atoms with Crippen LogP contribution >= 0.6 is 0 Å². The van der Waals surface area contributed by atoms with E-state index in [0.717, 1.165) is 0 Å². The fourth-order valence-corrected chi connectivity index (χ4v) is 1.93. The van der Waals surface area contributed by atoms with Crippen molar-refractivity contribution in [2.75, 3.05) is 5.73 Å². The molecule has 86 valence electrons. The molecule has 1 aromatic carbocycles. The van der Waals surface area contributed by atoms with Gasteiger partial charge in [-0.25, -0.2) is 9.78 Å². The summed E-state index contributed by atoms with van der Waals surface area (Å²) in [6.07, 6.45) is 1.47. The number of hydrogen-bond acceptors (Lipinski definition) is 4. The number of benzene rings is 1. The molecule has 17 heavy (non-hydrogen) atoms. The molecule has 0 saturated heterocycles. The Bertz CT molecular complexity index is 618. The summed E-state index contributed by atoms with van der Waals surface area (Å²) < 4.78 is 7.17. The van der Waals surface area contributed by atoms with Crippen LogP contribution in [0.1, 0.15) is 16.2 Å². The number of carboxylic acid groups (broad SMARTS) is 1. The van der Waals surface area contributed by atoms with Crippen LogP contribution in [0.2, 0.25) is 0 Å². The third-order valence-electron chi connectivity index (χ3n) is 2.71. The predicted molar refractivity (Wildman–Crippen MR) is 59.3 cm³/mol. The van der Waals surface area contributed by atoms with Gasteiger partial charge in [0.05, 0.1) is 17.1 Å². The van der Waals surface area contributed by atoms with E-state index in [2.05, 4.69) is 4.98 Å². The number of nitrogens with zero attached hydrogens (tertiary/aromatic N) is 2. The average Bonchev–Trinajstić information content (AvgIpc) is 2.73. The van der Waals surface area contributed by atoms with E-state index in [-0.39, 0.29) is 12.3 Å². The van der Waals surface area contributed by atoms with Gasteiger partial charge in [0.1, 0.15) is 12.9 Å². The van der Waals surface area contributed by atoms with Gasteiger partial charge >= 0.3 is 5.97 Å². The smallest absolute Gasteiger partial charge is 0.356 e. The van der Waals surface area contributed by atoms with Crippen LogP contribution in [0.25, 0.3) is 5.69 Å². The Morgan fingerprint density at radius 2 is 2.35 bits per heavy atom. The van der Waals surface area contributed by atoms with Crippen molar-refractivity contribution in [3.63, 3.8) is 0 Å². The van der Waals surface area contributed by atoms with Crippen molar-refractivity contribution in [1.82, 2.24) is 9.55 Å². The summed E-state index contributed by atoms with van der Waals surface area (Å²) in [5.41, 5.74) is 7.57. The number of rotatable bonds is 1. The van der Waals surface area contributed by atoms with Crippen LogP contribution in [-0.2, 0) is 6.61 Å². The van der Waals surface area contributed by atoms with Gasteiger partial charge in [-0.1, -0.05) is 6.07 Å². The molecule has 6 nitrogen and oxygen atoms in total. The molecule has 3 rings (SSSR count). The molecule has 0 spiro atoms. The first-order chi connectivity index (χ1) is 8.18. The number of aromatic carboxylic acids is 1. The highest BCUT2D eigenvalue weighted by molar-refractivity contribution is 5.87. The maximum Gasteiger partial charge on any atom is 0.356 e. The molecule has 1 aliphatic heterocycles. The van der Waals surface area contributed by atoms with Crippen molar-refractivity contribution >= 4 is 11.7 Å². The molecule has 2 aromatic rings. The van der Waals surface area contributed by atoms with E-state index in [1.807, 2.05) is 6.07 Å². The van der Waals surface area contributed by atoms with E-state index < -0.39 is 5.97 Å². The molecule has 0 fully saturated rings. The fraction of sp³-hybridized carbons (Fsp3) is 0.0909. The fourth-order valence-electron chi connectivity index (χ4n) is 1.93. The summed E-state index contributed by atoms with van der Waals surface area (Å²) in [6.45, 7) is 0.156. The molecule has 6 heteroatoms. The molecule has 0 amide bonds. The van der Waals surface area contributed by atoms with Crippen molar-refractivity contribution in [2.24, 2.45) is 0 Å². The molecule has 1 aliphatic rings. The van der Waals surface area contributed by atoms with Crippen LogP contribution in [0.5, 0.6) is 5.75 Å². The standard InChI is InChI=1S/C11H9N3O3/c12-6-2-1-3-7-10(6)17-4-8-9(11(15)16)13-5-14(7)8/h1-3,5H,4,12H2,(H,15,16). The highest BCUT2D eigenvalue weighted by atomic mass is 16.5. The number of aromatic nitrogens is 2. The first kappa shape index (κ1) is 9.71. The molecule has 0 atom stereocenters. The van der Waals surface area contributed by atoms with Crippen LogP contribution in [0, 0.1) is 0 Å². The van der Waals surface area contributed by atoms with Gasteiger partial charge in [-0.15, -0.1) is 0 Å². The van der Waals surface area contributed by atoms with Crippen molar-refractivity contribution in [3.8, 4) is 11.4 Å². The van der Waals surface area contributed by atoms with Crippen molar-refractivity contribution in [3.05, 3.63) is 35.9 Å². The first-order valence-electron chi connectivity index (χ1n) is 4.99. The molecule has 2 heterocycles. The minimum absolute atomic E-state index is 0.0121. The molecular formula is C11H9N3O3. The topological polar surface area (TPSA) is 90.4 Å². The van der Waals surface area contributed by atoms with E-state index in [4.69, 9.17) is 15.6 Å². The second-order valence-corrected chi connectivity index (χ2v) is 3.70. The van der Waals surface area contributed by atoms with Gasteiger partial charge in [-0.2, -0.15) is 0 Å². The van der Waals surface area contributed by atoms with Gasteiger partial charge in [0, 0.05) is 0 Å². The second-order valence-electron chi connectivity index (χ2n) is 3.70. The summed E-state index contributed by atoms with van der Waals surface area (Å²) >= 11 is 0. The number of carboxylic acids is 1. The Hall–Kier alpha value is -2.50. The van der Waals surface area contributed by atoms with Crippen LogP contribution in [-0.4, -0.2) is 20.6 Å². The SMILES string of the molecule is Nc1cccc2c1OCc1c(C(=O)O)ncn1-2. The van der Waals surface area contributed by atoms with Crippen LogP contribution in [0.3, 0.4) is 0 Å². The highest BCUT2D eigenvalue weighted by Crippen LogP contribution is 2.35. The number of nitrogens with two attached hydrogens (primary N) is 1. The molecule has 1 aromatic heterocycles. The van der Waals surface area contributed by atoms with Gasteiger partial charge in [-0.05, 0) is 12.1 Å². The number of hydrogen-bond donors (Lipinski definition) is 2. The summed E-state index contributed by atoms with van der Waals surface area (Å²) in [5, 5.41) is 8.98. The summed E-state index contributed by atoms with van der Waals surface area (Å²) in [7, 11) is 0. The van der Waals surface area contributed by atoms with Crippen molar-refractivity contribution in [1.29, 1.82) is 0 Å². The predicted octanol–water partition coefficient (Wildman–Crippen LogP) is 1.05. The first-order valence-corrected chi connectivity index (χ1v) is 4.99. The number of para-hydroxylation sites is 1. The van der Waals surface area contributed by atoms with Gasteiger partial charge < -0.3 is 15.6 Å². The largest absolute Gasteiger partial charge is 0.483 e. The highest BCUT2D eigenvalue weighted by Gasteiger charge is 2.25. The van der Waals surface area contributed by atoms with Gasteiger partial charge in [0.15, 0.2) is 11.4 Å². The second kappa shape index (κ2) is 3.24. The van der Waals surface area contributed by atoms with E-state index in [9.17, 15) is 4.79 Å². The molecule has 0 radical (unpaired) electrons. The number of imidazole rings is 1. The van der Waals surface area contributed by atoms with Crippen LogP contribution in [0.15, 0.2) is 24.5 Å². The minimum atomic E-state index is -1.06. The number of nitrogen functional groups attached to an aromatic ring is 1. The number of carbonyl (C=O) groups is 1. The molecule has 0 unspecified atom stereocenters. The lowest BCUT2D eigenvalue weighted by atomic mass is 10.2. The lowest BCUT2D eigenvalue weighted by Crippen LogP contribution is -2.15. The third kappa shape index (κ3) is 1.27. The van der Waals surface area contributed by atoms with Crippen LogP contribution in [0.4, 0.5) is 5.69 Å². The summed E-state index contributed by atoms with van der Waals surface area (Å²) in [5.74, 6) is -0.496. The molecule has 0 saturated carbocycles. The lowest BCUT2D eigenvalue weighted by molar-refractivity contribution is 0.0687. The summed E-state index contributed by atoms with van der Waals surface area (Å²) in [6, 6.07) is 5.33. The van der Waals surface area contributed by atoms with Gasteiger partial charge in [-0.3, -0.25) is 4.57 Å². The number of anilines is 1. The van der Waals surface area contributed by atoms with E-state index in [1.165, 1.54) is 6.33 Å². The number of fused-ring (bicyclic) bond motifs is 3. The Kier molecular flexibility index (Phi) is 1.85. The molecular weight excluding hydrogens is 222 g/mol. The monoisotopic (exact) mass is 231 g/mol. The maximum absolute atomic E-state index is 11.0. The Balaban J connectivity index is 2.25. The average molecular weight is 231 g/mol. The van der Waals surface area contributed by atoms with E-state index in [0.29, 0.717) is 22.8 Å². The summed E-state index contributed by atoms with van der Waals surface area (Å²) in [4.78, 5) is 14.8. The van der Waals surface area contributed by atoms with E-state index >= 15 is 0 Å². The Morgan fingerprint density at radius 1 is 1.53 bits per heavy atom. The zero-order chi connectivity index (χ0) is 12.0. The van der Waals surface area contributed by atoms with E-state index in [1.54, 1.807) is 16.7 Å². The van der Waals surface area contributed by atoms with Gasteiger partial charge in [0.2, 0.25) is 0 Å². The lowest BCUT2D eigenvalue weighted by Gasteiger charge is -2.21. The molecule has 0 aliphatic carbocycles. The molecule has 0 bridgehead atoms. The zero-order valence-corrected chi connectivity index (χ0v) is 8.75. The number of ether oxygens (including phenoxy) is 1. The third-order valence-corrected chi connectivity index (χ3v) is 2.71. The quantitative estimate of drug-likeness (QED) is 0.716. The normalized spacial score (nSPS) is 12.5. The Labute approximate surface area is 96.3 Å². The Morgan fingerprint density at radius 3 is 3.12 bits per heavy atom. The van der Waals surface area contributed by atoms with Crippen LogP contribution < -0.4 is 10.5 Å². The molecule has 3 N–H and O–H groups in total. The minimum Gasteiger partial charge on any atom is -0.483 e. The maximum atomic E-state index is 11.0.